The van der Waals surface area contributed by atoms with Crippen molar-refractivity contribution in [1.82, 2.24) is 5.32 Å². The van der Waals surface area contributed by atoms with Crippen LogP contribution in [-0.2, 0) is 0 Å². The van der Waals surface area contributed by atoms with E-state index in [1.807, 2.05) is 0 Å². The molecule has 0 radical (unpaired) electrons. The highest BCUT2D eigenvalue weighted by molar-refractivity contribution is 7.17. The lowest BCUT2D eigenvalue weighted by atomic mass is 9.84. The Labute approximate surface area is 126 Å². The molecule has 2 rings (SSSR count). The minimum Gasteiger partial charge on any atom is -0.348 e. The van der Waals surface area contributed by atoms with Gasteiger partial charge in [-0.15, -0.1) is 11.3 Å². The molecule has 1 fully saturated rings. The predicted molar refractivity (Wildman–Crippen MR) is 78.7 cm³/mol. The van der Waals surface area contributed by atoms with Crippen molar-refractivity contribution < 1.29 is 13.6 Å². The first kappa shape index (κ1) is 17.3. The third-order valence-electron chi connectivity index (χ3n) is 3.01. The number of halogens is 3. The fraction of sp³-hybridized carbons (Fsp3) is 0.615. The van der Waals surface area contributed by atoms with Gasteiger partial charge < -0.3 is 11.1 Å². The Hall–Kier alpha value is -0.720. The molecule has 7 heteroatoms. The lowest BCUT2D eigenvalue weighted by Gasteiger charge is -2.33. The van der Waals surface area contributed by atoms with Crippen LogP contribution >= 0.6 is 22.9 Å². The molecule has 1 amide bonds. The van der Waals surface area contributed by atoms with E-state index in [4.69, 9.17) is 11.6 Å². The second-order valence-corrected chi connectivity index (χ2v) is 6.59. The summed E-state index contributed by atoms with van der Waals surface area (Å²) in [5.74, 6) is -3.07. The molecule has 1 heterocycles. The Kier molecular flexibility index (Phi) is 6.36. The van der Waals surface area contributed by atoms with Crippen LogP contribution in [0.4, 0.5) is 8.78 Å². The minimum absolute atomic E-state index is 0.0778. The molecule has 20 heavy (non-hydrogen) atoms. The van der Waals surface area contributed by atoms with E-state index >= 15 is 0 Å². The van der Waals surface area contributed by atoms with Crippen molar-refractivity contribution in [2.75, 3.05) is 7.05 Å². The molecule has 1 aromatic heterocycles. The van der Waals surface area contributed by atoms with Gasteiger partial charge in [0.05, 0.1) is 9.21 Å². The van der Waals surface area contributed by atoms with E-state index in [9.17, 15) is 13.6 Å². The Morgan fingerprint density at radius 2 is 2.10 bits per heavy atom. The average molecular weight is 325 g/mol. The molecule has 0 spiro atoms. The smallest absolute Gasteiger partial charge is 0.261 e. The first-order chi connectivity index (χ1) is 9.35. The van der Waals surface area contributed by atoms with Crippen LogP contribution in [0.1, 0.15) is 35.9 Å². The third-order valence-corrected chi connectivity index (χ3v) is 4.24. The second kappa shape index (κ2) is 7.33. The van der Waals surface area contributed by atoms with Crippen LogP contribution < -0.4 is 11.1 Å². The third kappa shape index (κ3) is 5.00. The number of hydrogen-bond acceptors (Lipinski definition) is 3. The molecule has 114 valence electrons. The monoisotopic (exact) mass is 324 g/mol. The summed E-state index contributed by atoms with van der Waals surface area (Å²) in [6.45, 7) is 1.79. The molecule has 2 unspecified atom stereocenters. The van der Waals surface area contributed by atoms with Crippen molar-refractivity contribution >= 4 is 28.8 Å². The van der Waals surface area contributed by atoms with Gasteiger partial charge >= 0.3 is 0 Å². The zero-order valence-electron chi connectivity index (χ0n) is 11.5. The summed E-state index contributed by atoms with van der Waals surface area (Å²) < 4.78 is 27.3. The maximum absolute atomic E-state index is 13.4. The van der Waals surface area contributed by atoms with Gasteiger partial charge in [0.15, 0.2) is 0 Å². The summed E-state index contributed by atoms with van der Waals surface area (Å²) in [6.07, 6.45) is 0.229. The van der Waals surface area contributed by atoms with Gasteiger partial charge in [0.25, 0.3) is 5.91 Å². The van der Waals surface area contributed by atoms with Crippen molar-refractivity contribution in [3.05, 3.63) is 21.3 Å². The van der Waals surface area contributed by atoms with Gasteiger partial charge in [-0.3, -0.25) is 4.79 Å². The number of carbonyl (C=O) groups excluding carboxylic acids is 1. The second-order valence-electron chi connectivity index (χ2n) is 4.88. The fourth-order valence-electron chi connectivity index (χ4n) is 2.41. The van der Waals surface area contributed by atoms with Crippen molar-refractivity contribution in [3.8, 4) is 0 Å². The summed E-state index contributed by atoms with van der Waals surface area (Å²) in [6, 6.07) is 2.77. The Morgan fingerprint density at radius 3 is 2.60 bits per heavy atom. The highest BCUT2D eigenvalue weighted by Gasteiger charge is 2.40. The molecular formula is C13H19ClF2N2OS. The first-order valence-corrected chi connectivity index (χ1v) is 7.57. The van der Waals surface area contributed by atoms with E-state index in [1.165, 1.54) is 7.05 Å². The summed E-state index contributed by atoms with van der Waals surface area (Å²) in [5, 5.41) is 2.67. The van der Waals surface area contributed by atoms with E-state index in [-0.39, 0.29) is 24.7 Å². The summed E-state index contributed by atoms with van der Waals surface area (Å²) in [5.41, 5.74) is 4.50. The maximum atomic E-state index is 13.4. The van der Waals surface area contributed by atoms with Crippen molar-refractivity contribution in [1.29, 1.82) is 0 Å². The number of alkyl halides is 2. The Morgan fingerprint density at radius 1 is 1.45 bits per heavy atom. The number of nitrogens with two attached hydrogens (primary N) is 1. The topological polar surface area (TPSA) is 55.1 Å². The largest absolute Gasteiger partial charge is 0.348 e. The molecule has 0 aromatic carbocycles. The van der Waals surface area contributed by atoms with Crippen LogP contribution in [0, 0.1) is 5.92 Å². The van der Waals surface area contributed by atoms with Crippen LogP contribution in [0.5, 0.6) is 0 Å². The summed E-state index contributed by atoms with van der Waals surface area (Å²) in [4.78, 5) is 12.3. The van der Waals surface area contributed by atoms with Gasteiger partial charge in [0, 0.05) is 18.9 Å². The summed E-state index contributed by atoms with van der Waals surface area (Å²) in [7, 11) is 1.50. The molecule has 1 saturated carbocycles. The number of hydrogen-bond donors (Lipinski definition) is 2. The number of rotatable bonds is 2. The van der Waals surface area contributed by atoms with Crippen LogP contribution in [-0.4, -0.2) is 24.9 Å². The number of carbonyl (C=O) groups is 1. The molecule has 0 saturated heterocycles. The fourth-order valence-corrected chi connectivity index (χ4v) is 3.36. The Bertz CT molecular complexity index is 453. The number of nitrogens with one attached hydrogen (secondary N) is 1. The average Bonchev–Trinajstić information content (AvgIpc) is 2.76. The van der Waals surface area contributed by atoms with Gasteiger partial charge in [-0.05, 0) is 31.5 Å². The molecular weight excluding hydrogens is 306 g/mol. The van der Waals surface area contributed by atoms with Crippen LogP contribution in [0.3, 0.4) is 0 Å². The van der Waals surface area contributed by atoms with Crippen molar-refractivity contribution in [3.63, 3.8) is 0 Å². The molecule has 0 bridgehead atoms. The van der Waals surface area contributed by atoms with Gasteiger partial charge in [-0.25, -0.2) is 8.78 Å². The Balaban J connectivity index is 0.000000956. The van der Waals surface area contributed by atoms with E-state index < -0.39 is 12.0 Å². The molecule has 3 N–H and O–H groups in total. The van der Waals surface area contributed by atoms with Crippen LogP contribution in [0.2, 0.25) is 4.34 Å². The van der Waals surface area contributed by atoms with Gasteiger partial charge in [0.2, 0.25) is 5.92 Å². The molecule has 0 aliphatic heterocycles. The van der Waals surface area contributed by atoms with E-state index in [1.54, 1.807) is 19.1 Å². The highest BCUT2D eigenvalue weighted by atomic mass is 35.5. The SMILES string of the molecule is CC1CC(NC(=O)c2ccc(Cl)s2)CC(F)(F)C1.CN. The zero-order chi connectivity index (χ0) is 15.3. The maximum Gasteiger partial charge on any atom is 0.261 e. The molecule has 1 aliphatic carbocycles. The van der Waals surface area contributed by atoms with Crippen LogP contribution in [0.15, 0.2) is 12.1 Å². The number of thiophene rings is 1. The van der Waals surface area contributed by atoms with Gasteiger partial charge in [-0.2, -0.15) is 0 Å². The normalized spacial score (nSPS) is 24.5. The quantitative estimate of drug-likeness (QED) is 0.874. The molecule has 2 atom stereocenters. The number of amides is 1. The standard InChI is InChI=1S/C12H14ClF2NOS.CH5N/c1-7-4-8(6-12(14,15)5-7)16-11(17)9-2-3-10(13)18-9;1-2/h2-3,7-8H,4-6H2,1H3,(H,16,17);2H2,1H3. The highest BCUT2D eigenvalue weighted by Crippen LogP contribution is 2.36. The minimum atomic E-state index is -2.68. The van der Waals surface area contributed by atoms with Crippen LogP contribution in [0.25, 0.3) is 0 Å². The van der Waals surface area contributed by atoms with Gasteiger partial charge in [0.1, 0.15) is 0 Å². The van der Waals surface area contributed by atoms with Gasteiger partial charge in [-0.1, -0.05) is 18.5 Å². The van der Waals surface area contributed by atoms with E-state index in [0.717, 1.165) is 11.3 Å². The van der Waals surface area contributed by atoms with E-state index in [0.29, 0.717) is 15.6 Å². The molecule has 3 nitrogen and oxygen atoms in total. The molecule has 1 aromatic rings. The first-order valence-electron chi connectivity index (χ1n) is 6.37. The van der Waals surface area contributed by atoms with E-state index in [2.05, 4.69) is 11.1 Å². The lowest BCUT2D eigenvalue weighted by Crippen LogP contribution is -2.44. The predicted octanol–water partition coefficient (Wildman–Crippen LogP) is 3.53. The van der Waals surface area contributed by atoms with Crippen molar-refractivity contribution in [2.24, 2.45) is 11.7 Å². The summed E-state index contributed by atoms with van der Waals surface area (Å²) >= 11 is 6.89. The lowest BCUT2D eigenvalue weighted by molar-refractivity contribution is -0.0590. The molecule has 1 aliphatic rings. The van der Waals surface area contributed by atoms with Crippen molar-refractivity contribution in [2.45, 2.75) is 38.2 Å². The zero-order valence-corrected chi connectivity index (χ0v) is 13.0.